The summed E-state index contributed by atoms with van der Waals surface area (Å²) in [6, 6.07) is 5.63. The lowest BCUT2D eigenvalue weighted by Gasteiger charge is -2.22. The van der Waals surface area contributed by atoms with Crippen molar-refractivity contribution in [3.8, 4) is 0 Å². The van der Waals surface area contributed by atoms with Crippen molar-refractivity contribution in [2.45, 2.75) is 18.8 Å². The van der Waals surface area contributed by atoms with E-state index in [2.05, 4.69) is 0 Å². The molecule has 0 bridgehead atoms. The first-order valence-electron chi connectivity index (χ1n) is 5.13. The second-order valence-electron chi connectivity index (χ2n) is 3.79. The Hall–Kier alpha value is -0.470. The molecule has 0 N–H and O–H groups in total. The van der Waals surface area contributed by atoms with Crippen molar-refractivity contribution in [3.63, 3.8) is 0 Å². The largest absolute Gasteiger partial charge is 0.298 e. The average molecular weight is 241 g/mol. The predicted molar refractivity (Wildman–Crippen MR) is 66.1 cm³/mol. The van der Waals surface area contributed by atoms with E-state index in [9.17, 15) is 4.79 Å². The maximum atomic E-state index is 10.6. The number of hydrogen-bond acceptors (Lipinski definition) is 2. The monoisotopic (exact) mass is 240 g/mol. The van der Waals surface area contributed by atoms with Gasteiger partial charge < -0.3 is 0 Å². The molecule has 0 unspecified atom stereocenters. The molecule has 2 rings (SSSR count). The van der Waals surface area contributed by atoms with Crippen LogP contribution < -0.4 is 0 Å². The summed E-state index contributed by atoms with van der Waals surface area (Å²) in [7, 11) is 0. The van der Waals surface area contributed by atoms with Crippen molar-refractivity contribution in [3.05, 3.63) is 34.3 Å². The van der Waals surface area contributed by atoms with Gasteiger partial charge in [0.2, 0.25) is 0 Å². The molecule has 0 amide bonds. The number of carbonyl (C=O) groups is 1. The fourth-order valence-corrected chi connectivity index (χ4v) is 3.41. The summed E-state index contributed by atoms with van der Waals surface area (Å²) in [5.41, 5.74) is 1.87. The molecule has 1 nitrogen and oxygen atoms in total. The lowest BCUT2D eigenvalue weighted by molar-refractivity contribution is 0.112. The first-order chi connectivity index (χ1) is 7.31. The highest BCUT2D eigenvalue weighted by Gasteiger charge is 2.18. The van der Waals surface area contributed by atoms with Crippen LogP contribution in [0.5, 0.6) is 0 Å². The van der Waals surface area contributed by atoms with E-state index in [1.807, 2.05) is 23.9 Å². The van der Waals surface area contributed by atoms with Gasteiger partial charge in [-0.25, -0.2) is 0 Å². The number of carbonyl (C=O) groups excluding carboxylic acids is 1. The quantitative estimate of drug-likeness (QED) is 0.733. The van der Waals surface area contributed by atoms with Crippen LogP contribution in [-0.2, 0) is 0 Å². The maximum absolute atomic E-state index is 10.6. The lowest BCUT2D eigenvalue weighted by atomic mass is 9.93. The molecule has 1 aromatic rings. The van der Waals surface area contributed by atoms with Crippen molar-refractivity contribution < 1.29 is 4.79 Å². The topological polar surface area (TPSA) is 17.1 Å². The summed E-state index contributed by atoms with van der Waals surface area (Å²) in [4.78, 5) is 10.6. The number of hydrogen-bond donors (Lipinski definition) is 0. The van der Waals surface area contributed by atoms with Crippen molar-refractivity contribution in [2.24, 2.45) is 0 Å². The Bertz CT molecular complexity index is 359. The van der Waals surface area contributed by atoms with E-state index in [0.29, 0.717) is 11.5 Å². The fraction of sp³-hybridized carbons (Fsp3) is 0.417. The Kier molecular flexibility index (Phi) is 3.71. The molecule has 15 heavy (non-hydrogen) atoms. The Labute approximate surface area is 99.2 Å². The molecular formula is C12H13ClOS. The third-order valence-electron chi connectivity index (χ3n) is 2.82. The molecule has 1 fully saturated rings. The molecule has 3 heteroatoms. The van der Waals surface area contributed by atoms with Gasteiger partial charge in [-0.1, -0.05) is 23.7 Å². The summed E-state index contributed by atoms with van der Waals surface area (Å²) in [6.07, 6.45) is 3.24. The van der Waals surface area contributed by atoms with Gasteiger partial charge in [-0.15, -0.1) is 0 Å². The molecule has 1 aliphatic rings. The molecule has 0 aliphatic carbocycles. The normalized spacial score (nSPS) is 17.7. The van der Waals surface area contributed by atoms with Gasteiger partial charge in [0.1, 0.15) is 6.29 Å². The van der Waals surface area contributed by atoms with Crippen molar-refractivity contribution >= 4 is 29.6 Å². The summed E-state index contributed by atoms with van der Waals surface area (Å²) < 4.78 is 0. The Balaban J connectivity index is 2.23. The third kappa shape index (κ3) is 2.56. The Morgan fingerprint density at radius 1 is 1.33 bits per heavy atom. The van der Waals surface area contributed by atoms with E-state index in [1.54, 1.807) is 6.07 Å². The minimum Gasteiger partial charge on any atom is -0.298 e. The smallest absolute Gasteiger partial charge is 0.150 e. The van der Waals surface area contributed by atoms with E-state index in [-0.39, 0.29) is 0 Å². The summed E-state index contributed by atoms with van der Waals surface area (Å²) >= 11 is 8.18. The van der Waals surface area contributed by atoms with Crippen LogP contribution in [0.15, 0.2) is 18.2 Å². The zero-order valence-corrected chi connectivity index (χ0v) is 9.98. The molecule has 1 aromatic carbocycles. The number of aldehydes is 1. The minimum atomic E-state index is 0.583. The van der Waals surface area contributed by atoms with Gasteiger partial charge in [0, 0.05) is 10.6 Å². The first kappa shape index (κ1) is 11.0. The van der Waals surface area contributed by atoms with Crippen LogP contribution in [-0.4, -0.2) is 17.8 Å². The van der Waals surface area contributed by atoms with Crippen molar-refractivity contribution in [1.82, 2.24) is 0 Å². The number of halogens is 1. The molecule has 1 saturated heterocycles. The van der Waals surface area contributed by atoms with E-state index >= 15 is 0 Å². The molecular weight excluding hydrogens is 228 g/mol. The van der Waals surface area contributed by atoms with Gasteiger partial charge in [0.25, 0.3) is 0 Å². The molecule has 80 valence electrons. The number of thioether (sulfide) groups is 1. The van der Waals surface area contributed by atoms with Gasteiger partial charge in [0.15, 0.2) is 0 Å². The second kappa shape index (κ2) is 5.04. The molecule has 0 radical (unpaired) electrons. The van der Waals surface area contributed by atoms with E-state index in [1.165, 1.54) is 29.9 Å². The van der Waals surface area contributed by atoms with Gasteiger partial charge >= 0.3 is 0 Å². The third-order valence-corrected chi connectivity index (χ3v) is 4.20. The molecule has 0 spiro atoms. The van der Waals surface area contributed by atoms with E-state index in [4.69, 9.17) is 11.6 Å². The van der Waals surface area contributed by atoms with E-state index in [0.717, 1.165) is 11.3 Å². The molecule has 0 saturated carbocycles. The maximum Gasteiger partial charge on any atom is 0.150 e. The van der Waals surface area contributed by atoms with Crippen LogP contribution >= 0.6 is 23.4 Å². The van der Waals surface area contributed by atoms with Crippen LogP contribution in [0.25, 0.3) is 0 Å². The van der Waals surface area contributed by atoms with Gasteiger partial charge in [0.05, 0.1) is 0 Å². The zero-order valence-electron chi connectivity index (χ0n) is 8.41. The minimum absolute atomic E-state index is 0.583. The highest BCUT2D eigenvalue weighted by Crippen LogP contribution is 2.35. The fourth-order valence-electron chi connectivity index (χ4n) is 1.96. The summed E-state index contributed by atoms with van der Waals surface area (Å²) in [5.74, 6) is 3.02. The van der Waals surface area contributed by atoms with Gasteiger partial charge in [-0.3, -0.25) is 4.79 Å². The van der Waals surface area contributed by atoms with Crippen LogP contribution in [0.1, 0.15) is 34.7 Å². The highest BCUT2D eigenvalue weighted by atomic mass is 35.5. The summed E-state index contributed by atoms with van der Waals surface area (Å²) in [5, 5.41) is 0.747. The predicted octanol–water partition coefficient (Wildman–Crippen LogP) is 3.76. The van der Waals surface area contributed by atoms with Crippen molar-refractivity contribution in [1.29, 1.82) is 0 Å². The first-order valence-corrected chi connectivity index (χ1v) is 6.67. The van der Waals surface area contributed by atoms with Crippen LogP contribution in [0, 0.1) is 0 Å². The van der Waals surface area contributed by atoms with Gasteiger partial charge in [-0.05, 0) is 41.9 Å². The molecule has 1 heterocycles. The number of rotatable bonds is 2. The van der Waals surface area contributed by atoms with Crippen molar-refractivity contribution in [2.75, 3.05) is 11.5 Å². The lowest BCUT2D eigenvalue weighted by Crippen LogP contribution is -2.08. The highest BCUT2D eigenvalue weighted by molar-refractivity contribution is 7.99. The number of benzene rings is 1. The van der Waals surface area contributed by atoms with Crippen LogP contribution in [0.2, 0.25) is 5.02 Å². The zero-order chi connectivity index (χ0) is 10.7. The molecule has 0 atom stereocenters. The van der Waals surface area contributed by atoms with Gasteiger partial charge in [-0.2, -0.15) is 11.8 Å². The molecule has 0 aromatic heterocycles. The Morgan fingerprint density at radius 3 is 2.67 bits per heavy atom. The second-order valence-corrected chi connectivity index (χ2v) is 5.42. The van der Waals surface area contributed by atoms with E-state index < -0.39 is 0 Å². The summed E-state index contributed by atoms with van der Waals surface area (Å²) in [6.45, 7) is 0. The molecule has 1 aliphatic heterocycles. The van der Waals surface area contributed by atoms with Crippen LogP contribution in [0.4, 0.5) is 0 Å². The average Bonchev–Trinajstić information content (AvgIpc) is 2.30. The SMILES string of the molecule is O=Cc1ccc(C2CCSCC2)c(Cl)c1. The standard InChI is InChI=1S/C12H13ClOS/c13-12-7-9(8-14)1-2-11(12)10-3-5-15-6-4-10/h1-2,7-8,10H,3-6H2. The van der Waals surface area contributed by atoms with Crippen LogP contribution in [0.3, 0.4) is 0 Å². The Morgan fingerprint density at radius 2 is 2.07 bits per heavy atom.